The van der Waals surface area contributed by atoms with Gasteiger partial charge in [-0.2, -0.15) is 0 Å². The molecular formula is C43H28N4. The number of aromatic nitrogens is 4. The van der Waals surface area contributed by atoms with Gasteiger partial charge in [0.25, 0.3) is 0 Å². The van der Waals surface area contributed by atoms with Crippen LogP contribution in [0.2, 0.25) is 0 Å². The first-order chi connectivity index (χ1) is 23.3. The predicted molar refractivity (Wildman–Crippen MR) is 193 cm³/mol. The molecule has 2 aromatic heterocycles. The lowest BCUT2D eigenvalue weighted by molar-refractivity contribution is 1.07. The number of rotatable bonds is 5. The van der Waals surface area contributed by atoms with Crippen molar-refractivity contribution >= 4 is 32.6 Å². The van der Waals surface area contributed by atoms with Gasteiger partial charge < -0.3 is 4.57 Å². The van der Waals surface area contributed by atoms with E-state index in [9.17, 15) is 0 Å². The van der Waals surface area contributed by atoms with Crippen molar-refractivity contribution in [1.29, 1.82) is 0 Å². The maximum absolute atomic E-state index is 5.11. The standard InChI is InChI=1S/C43H28N4/c1-3-12-29(13-4-1)32-18-11-19-34(26-32)42-44-41(31-15-5-2-6-16-31)45-43(46-42)35-23-25-38-37-20-9-10-21-39(37)47(40(38)28-35)36-24-22-30-14-7-8-17-33(30)27-36/h1-28H. The zero-order chi connectivity index (χ0) is 31.2. The summed E-state index contributed by atoms with van der Waals surface area (Å²) in [5.41, 5.74) is 8.48. The van der Waals surface area contributed by atoms with Crippen LogP contribution in [0.15, 0.2) is 170 Å². The van der Waals surface area contributed by atoms with Gasteiger partial charge in [0.2, 0.25) is 0 Å². The minimum atomic E-state index is 0.635. The lowest BCUT2D eigenvalue weighted by Gasteiger charge is -2.11. The monoisotopic (exact) mass is 600 g/mol. The van der Waals surface area contributed by atoms with Crippen LogP contribution in [0.25, 0.3) is 83.6 Å². The van der Waals surface area contributed by atoms with Crippen molar-refractivity contribution in [3.8, 4) is 51.0 Å². The Balaban J connectivity index is 1.25. The quantitative estimate of drug-likeness (QED) is 0.197. The van der Waals surface area contributed by atoms with E-state index >= 15 is 0 Å². The van der Waals surface area contributed by atoms with Gasteiger partial charge in [-0.15, -0.1) is 0 Å². The maximum atomic E-state index is 5.11. The fourth-order valence-electron chi connectivity index (χ4n) is 6.52. The third-order valence-electron chi connectivity index (χ3n) is 8.82. The van der Waals surface area contributed by atoms with Crippen molar-refractivity contribution < 1.29 is 0 Å². The van der Waals surface area contributed by atoms with Crippen LogP contribution in [0.4, 0.5) is 0 Å². The average molecular weight is 601 g/mol. The Morgan fingerprint density at radius 2 is 0.894 bits per heavy atom. The fourth-order valence-corrected chi connectivity index (χ4v) is 6.52. The van der Waals surface area contributed by atoms with Crippen LogP contribution in [0.3, 0.4) is 0 Å². The fraction of sp³-hybridized carbons (Fsp3) is 0. The van der Waals surface area contributed by atoms with Gasteiger partial charge in [0.15, 0.2) is 17.5 Å². The number of benzene rings is 7. The molecule has 9 aromatic rings. The molecule has 0 aliphatic heterocycles. The normalized spacial score (nSPS) is 11.4. The van der Waals surface area contributed by atoms with E-state index in [1.54, 1.807) is 0 Å². The van der Waals surface area contributed by atoms with E-state index in [-0.39, 0.29) is 0 Å². The average Bonchev–Trinajstić information content (AvgIpc) is 3.49. The summed E-state index contributed by atoms with van der Waals surface area (Å²) >= 11 is 0. The second-order valence-electron chi connectivity index (χ2n) is 11.7. The van der Waals surface area contributed by atoms with Crippen LogP contribution < -0.4 is 0 Å². The maximum Gasteiger partial charge on any atom is 0.164 e. The van der Waals surface area contributed by atoms with Gasteiger partial charge in [-0.1, -0.05) is 140 Å². The molecule has 0 radical (unpaired) electrons. The van der Waals surface area contributed by atoms with E-state index in [1.807, 2.05) is 36.4 Å². The van der Waals surface area contributed by atoms with Crippen molar-refractivity contribution in [2.24, 2.45) is 0 Å². The molecule has 0 spiro atoms. The highest BCUT2D eigenvalue weighted by molar-refractivity contribution is 6.10. The summed E-state index contributed by atoms with van der Waals surface area (Å²) < 4.78 is 2.35. The van der Waals surface area contributed by atoms with E-state index in [0.29, 0.717) is 17.5 Å². The summed E-state index contributed by atoms with van der Waals surface area (Å²) in [7, 11) is 0. The molecule has 0 fully saturated rings. The van der Waals surface area contributed by atoms with Gasteiger partial charge >= 0.3 is 0 Å². The second kappa shape index (κ2) is 11.2. The number of para-hydroxylation sites is 1. The first-order valence-electron chi connectivity index (χ1n) is 15.8. The SMILES string of the molecule is c1ccc(-c2cccc(-c3nc(-c4ccccc4)nc(-c4ccc5c6ccccc6n(-c6ccc7ccccc7c6)c5c4)n3)c2)cc1. The van der Waals surface area contributed by atoms with Crippen LogP contribution in [0.5, 0.6) is 0 Å². The number of fused-ring (bicyclic) bond motifs is 4. The molecule has 2 heterocycles. The molecule has 0 saturated heterocycles. The summed E-state index contributed by atoms with van der Waals surface area (Å²) in [6.45, 7) is 0. The van der Waals surface area contributed by atoms with Crippen LogP contribution >= 0.6 is 0 Å². The topological polar surface area (TPSA) is 43.6 Å². The number of hydrogen-bond acceptors (Lipinski definition) is 3. The van der Waals surface area contributed by atoms with Crippen molar-refractivity contribution in [3.63, 3.8) is 0 Å². The minimum Gasteiger partial charge on any atom is -0.309 e. The third kappa shape index (κ3) is 4.84. The Bertz CT molecular complexity index is 2570. The van der Waals surface area contributed by atoms with E-state index < -0.39 is 0 Å². The van der Waals surface area contributed by atoms with Crippen LogP contribution in [0.1, 0.15) is 0 Å². The predicted octanol–water partition coefficient (Wildman–Crippen LogP) is 10.8. The highest BCUT2D eigenvalue weighted by Crippen LogP contribution is 2.36. The molecule has 0 saturated carbocycles. The summed E-state index contributed by atoms with van der Waals surface area (Å²) in [6, 6.07) is 59.3. The molecule has 0 bridgehead atoms. The molecule has 4 nitrogen and oxygen atoms in total. The van der Waals surface area contributed by atoms with Crippen molar-refractivity contribution in [3.05, 3.63) is 170 Å². The molecule has 0 aliphatic carbocycles. The van der Waals surface area contributed by atoms with Gasteiger partial charge in [0.1, 0.15) is 0 Å². The number of nitrogens with zero attached hydrogens (tertiary/aromatic N) is 4. The first-order valence-corrected chi connectivity index (χ1v) is 15.8. The summed E-state index contributed by atoms with van der Waals surface area (Å²) in [4.78, 5) is 15.2. The number of hydrogen-bond donors (Lipinski definition) is 0. The van der Waals surface area contributed by atoms with Gasteiger partial charge in [0, 0.05) is 33.2 Å². The molecule has 4 heteroatoms. The van der Waals surface area contributed by atoms with Crippen molar-refractivity contribution in [2.45, 2.75) is 0 Å². The highest BCUT2D eigenvalue weighted by Gasteiger charge is 2.17. The zero-order valence-corrected chi connectivity index (χ0v) is 25.5. The summed E-state index contributed by atoms with van der Waals surface area (Å²) in [5, 5.41) is 4.83. The first kappa shape index (κ1) is 27.0. The summed E-state index contributed by atoms with van der Waals surface area (Å²) in [6.07, 6.45) is 0. The summed E-state index contributed by atoms with van der Waals surface area (Å²) in [5.74, 6) is 1.92. The van der Waals surface area contributed by atoms with Gasteiger partial charge in [-0.3, -0.25) is 0 Å². The highest BCUT2D eigenvalue weighted by atomic mass is 15.0. The molecular weight excluding hydrogens is 573 g/mol. The molecule has 0 N–H and O–H groups in total. The zero-order valence-electron chi connectivity index (χ0n) is 25.5. The molecule has 47 heavy (non-hydrogen) atoms. The van der Waals surface area contributed by atoms with Crippen molar-refractivity contribution in [1.82, 2.24) is 19.5 Å². The van der Waals surface area contributed by atoms with Crippen LogP contribution in [-0.4, -0.2) is 19.5 Å². The molecule has 0 unspecified atom stereocenters. The Morgan fingerprint density at radius 1 is 0.319 bits per heavy atom. The van der Waals surface area contributed by atoms with Crippen LogP contribution in [0, 0.1) is 0 Å². The molecule has 220 valence electrons. The van der Waals surface area contributed by atoms with Gasteiger partial charge in [0.05, 0.1) is 11.0 Å². The second-order valence-corrected chi connectivity index (χ2v) is 11.7. The van der Waals surface area contributed by atoms with E-state index in [2.05, 4.69) is 138 Å². The Hall–Kier alpha value is -6.39. The van der Waals surface area contributed by atoms with Crippen molar-refractivity contribution in [2.75, 3.05) is 0 Å². The molecule has 0 atom stereocenters. The molecule has 7 aromatic carbocycles. The van der Waals surface area contributed by atoms with Gasteiger partial charge in [-0.25, -0.2) is 15.0 Å². The Labute approximate surface area is 272 Å². The van der Waals surface area contributed by atoms with E-state index in [1.165, 1.54) is 21.5 Å². The Kier molecular flexibility index (Phi) is 6.43. The lowest BCUT2D eigenvalue weighted by atomic mass is 10.0. The largest absolute Gasteiger partial charge is 0.309 e. The van der Waals surface area contributed by atoms with E-state index in [0.717, 1.165) is 44.5 Å². The molecule has 9 rings (SSSR count). The molecule has 0 amide bonds. The third-order valence-corrected chi connectivity index (χ3v) is 8.82. The van der Waals surface area contributed by atoms with Gasteiger partial charge in [-0.05, 0) is 52.2 Å². The lowest BCUT2D eigenvalue weighted by Crippen LogP contribution is -2.00. The smallest absolute Gasteiger partial charge is 0.164 e. The van der Waals surface area contributed by atoms with E-state index in [4.69, 9.17) is 15.0 Å². The Morgan fingerprint density at radius 3 is 1.68 bits per heavy atom. The molecule has 0 aliphatic rings. The van der Waals surface area contributed by atoms with Crippen LogP contribution in [-0.2, 0) is 0 Å². The minimum absolute atomic E-state index is 0.635.